The van der Waals surface area contributed by atoms with Crippen molar-refractivity contribution in [3.05, 3.63) is 48.3 Å². The van der Waals surface area contributed by atoms with Crippen LogP contribution in [0.3, 0.4) is 0 Å². The monoisotopic (exact) mass is 323 g/mol. The number of sulfonamides is 1. The van der Waals surface area contributed by atoms with Gasteiger partial charge in [0, 0.05) is 26.4 Å². The first-order valence-corrected chi connectivity index (χ1v) is 8.62. The van der Waals surface area contributed by atoms with Gasteiger partial charge in [-0.1, -0.05) is 30.3 Å². The van der Waals surface area contributed by atoms with Gasteiger partial charge in [0.15, 0.2) is 0 Å². The van der Waals surface area contributed by atoms with E-state index < -0.39 is 10.0 Å². The number of rotatable bonds is 8. The minimum atomic E-state index is -3.48. The highest BCUT2D eigenvalue weighted by Crippen LogP contribution is 2.15. The van der Waals surface area contributed by atoms with Crippen molar-refractivity contribution in [3.8, 4) is 0 Å². The van der Waals surface area contributed by atoms with E-state index in [2.05, 4.69) is 9.82 Å². The SMILES string of the molecule is CC(OCCCNS(=O)(=O)c1cnn(C)c1)c1ccccc1. The molecule has 1 heterocycles. The quantitative estimate of drug-likeness (QED) is 0.753. The van der Waals surface area contributed by atoms with E-state index in [0.29, 0.717) is 19.6 Å². The summed E-state index contributed by atoms with van der Waals surface area (Å²) in [5.74, 6) is 0. The van der Waals surface area contributed by atoms with Gasteiger partial charge in [0.2, 0.25) is 10.0 Å². The zero-order chi connectivity index (χ0) is 16.0. The van der Waals surface area contributed by atoms with Crippen molar-refractivity contribution < 1.29 is 13.2 Å². The molecular formula is C15H21N3O3S. The third-order valence-electron chi connectivity index (χ3n) is 3.24. The van der Waals surface area contributed by atoms with Crippen molar-refractivity contribution in [1.82, 2.24) is 14.5 Å². The van der Waals surface area contributed by atoms with Crippen LogP contribution in [-0.4, -0.2) is 31.3 Å². The zero-order valence-electron chi connectivity index (χ0n) is 12.8. The fraction of sp³-hybridized carbons (Fsp3) is 0.400. The van der Waals surface area contributed by atoms with Crippen LogP contribution in [0.2, 0.25) is 0 Å². The molecule has 0 aliphatic heterocycles. The highest BCUT2D eigenvalue weighted by molar-refractivity contribution is 7.89. The summed E-state index contributed by atoms with van der Waals surface area (Å²) >= 11 is 0. The fourth-order valence-electron chi connectivity index (χ4n) is 1.98. The number of aryl methyl sites for hydroxylation is 1. The number of hydrogen-bond acceptors (Lipinski definition) is 4. The van der Waals surface area contributed by atoms with Crippen molar-refractivity contribution in [2.45, 2.75) is 24.3 Å². The maximum absolute atomic E-state index is 12.0. The molecule has 6 nitrogen and oxygen atoms in total. The number of aromatic nitrogens is 2. The lowest BCUT2D eigenvalue weighted by Crippen LogP contribution is -2.25. The van der Waals surface area contributed by atoms with Gasteiger partial charge in [0.1, 0.15) is 4.90 Å². The Morgan fingerprint density at radius 2 is 2.05 bits per heavy atom. The molecule has 0 amide bonds. The van der Waals surface area contributed by atoms with Gasteiger partial charge in [-0.25, -0.2) is 13.1 Å². The van der Waals surface area contributed by atoms with Crippen LogP contribution >= 0.6 is 0 Å². The van der Waals surface area contributed by atoms with E-state index >= 15 is 0 Å². The van der Waals surface area contributed by atoms with Crippen LogP contribution in [0.4, 0.5) is 0 Å². The maximum atomic E-state index is 12.0. The number of hydrogen-bond donors (Lipinski definition) is 1. The molecule has 120 valence electrons. The third-order valence-corrected chi connectivity index (χ3v) is 4.66. The third kappa shape index (κ3) is 4.66. The Balaban J connectivity index is 1.71. The van der Waals surface area contributed by atoms with Crippen LogP contribution in [-0.2, 0) is 21.8 Å². The van der Waals surface area contributed by atoms with Gasteiger partial charge in [-0.15, -0.1) is 0 Å². The molecule has 22 heavy (non-hydrogen) atoms. The van der Waals surface area contributed by atoms with Gasteiger partial charge < -0.3 is 4.74 Å². The highest BCUT2D eigenvalue weighted by atomic mass is 32.2. The molecule has 0 spiro atoms. The molecule has 1 atom stereocenters. The van der Waals surface area contributed by atoms with Crippen molar-refractivity contribution in [2.24, 2.45) is 7.05 Å². The largest absolute Gasteiger partial charge is 0.374 e. The van der Waals surface area contributed by atoms with Crippen LogP contribution in [0.25, 0.3) is 0 Å². The first kappa shape index (κ1) is 16.7. The van der Waals surface area contributed by atoms with Crippen molar-refractivity contribution in [1.29, 1.82) is 0 Å². The molecule has 0 saturated carbocycles. The summed E-state index contributed by atoms with van der Waals surface area (Å²) in [6.45, 7) is 2.81. The average Bonchev–Trinajstić information content (AvgIpc) is 2.95. The van der Waals surface area contributed by atoms with Gasteiger partial charge in [-0.05, 0) is 18.9 Å². The average molecular weight is 323 g/mol. The van der Waals surface area contributed by atoms with Gasteiger partial charge >= 0.3 is 0 Å². The Morgan fingerprint density at radius 1 is 1.32 bits per heavy atom. The standard InChI is InChI=1S/C15H21N3O3S/c1-13(14-7-4-3-5-8-14)21-10-6-9-17-22(19,20)15-11-16-18(2)12-15/h3-5,7-8,11-13,17H,6,9-10H2,1-2H3. The molecule has 1 unspecified atom stereocenters. The molecule has 2 rings (SSSR count). The zero-order valence-corrected chi connectivity index (χ0v) is 13.6. The smallest absolute Gasteiger partial charge is 0.243 e. The summed E-state index contributed by atoms with van der Waals surface area (Å²) in [6, 6.07) is 9.92. The van der Waals surface area contributed by atoms with Crippen molar-refractivity contribution in [2.75, 3.05) is 13.2 Å². The molecule has 0 aliphatic rings. The van der Waals surface area contributed by atoms with Crippen LogP contribution in [0.15, 0.2) is 47.6 Å². The van der Waals surface area contributed by atoms with Gasteiger partial charge in [0.25, 0.3) is 0 Å². The number of nitrogens with zero attached hydrogens (tertiary/aromatic N) is 2. The number of benzene rings is 1. The van der Waals surface area contributed by atoms with E-state index in [0.717, 1.165) is 5.56 Å². The van der Waals surface area contributed by atoms with Crippen molar-refractivity contribution in [3.63, 3.8) is 0 Å². The summed E-state index contributed by atoms with van der Waals surface area (Å²) in [4.78, 5) is 0.175. The van der Waals surface area contributed by atoms with Gasteiger partial charge in [0.05, 0.1) is 12.3 Å². The van der Waals surface area contributed by atoms with Gasteiger partial charge in [-0.2, -0.15) is 5.10 Å². The second-order valence-electron chi connectivity index (χ2n) is 5.02. The van der Waals surface area contributed by atoms with Gasteiger partial charge in [-0.3, -0.25) is 4.68 Å². The molecule has 0 saturated heterocycles. The first-order valence-electron chi connectivity index (χ1n) is 7.14. The van der Waals surface area contributed by atoms with E-state index in [1.807, 2.05) is 37.3 Å². The Morgan fingerprint density at radius 3 is 2.68 bits per heavy atom. The van der Waals surface area contributed by atoms with E-state index in [9.17, 15) is 8.42 Å². The number of nitrogens with one attached hydrogen (secondary N) is 1. The fourth-order valence-corrected chi connectivity index (χ4v) is 3.04. The Labute approximate surface area is 131 Å². The lowest BCUT2D eigenvalue weighted by molar-refractivity contribution is 0.0647. The molecule has 2 aromatic rings. The van der Waals surface area contributed by atoms with Crippen LogP contribution in [0.5, 0.6) is 0 Å². The van der Waals surface area contributed by atoms with E-state index in [-0.39, 0.29) is 11.0 Å². The molecule has 1 aromatic carbocycles. The normalized spacial score (nSPS) is 13.2. The Kier molecular flexibility index (Phi) is 5.70. The van der Waals surface area contributed by atoms with Crippen LogP contribution in [0, 0.1) is 0 Å². The Hall–Kier alpha value is -1.70. The lowest BCUT2D eigenvalue weighted by Gasteiger charge is -2.13. The summed E-state index contributed by atoms with van der Waals surface area (Å²) < 4.78 is 33.6. The second-order valence-corrected chi connectivity index (χ2v) is 6.79. The molecule has 1 N–H and O–H groups in total. The molecule has 0 fully saturated rings. The predicted octanol–water partition coefficient (Wildman–Crippen LogP) is 1.87. The molecule has 7 heteroatoms. The maximum Gasteiger partial charge on any atom is 0.243 e. The summed E-state index contributed by atoms with van der Waals surface area (Å²) in [7, 11) is -1.80. The topological polar surface area (TPSA) is 73.2 Å². The molecule has 0 radical (unpaired) electrons. The van der Waals surface area contributed by atoms with Crippen LogP contribution in [0.1, 0.15) is 25.0 Å². The minimum absolute atomic E-state index is 0.00358. The highest BCUT2D eigenvalue weighted by Gasteiger charge is 2.15. The first-order chi connectivity index (χ1) is 10.5. The molecule has 0 aliphatic carbocycles. The van der Waals surface area contributed by atoms with E-state index in [4.69, 9.17) is 4.74 Å². The van der Waals surface area contributed by atoms with Crippen molar-refractivity contribution >= 4 is 10.0 Å². The summed E-state index contributed by atoms with van der Waals surface area (Å²) in [5.41, 5.74) is 1.11. The molecule has 0 bridgehead atoms. The molecule has 1 aromatic heterocycles. The van der Waals surface area contributed by atoms with E-state index in [1.165, 1.54) is 17.1 Å². The second kappa shape index (κ2) is 7.53. The van der Waals surface area contributed by atoms with E-state index in [1.54, 1.807) is 7.05 Å². The lowest BCUT2D eigenvalue weighted by atomic mass is 10.1. The Bertz CT molecular complexity index is 683. The number of ether oxygens (including phenoxy) is 1. The minimum Gasteiger partial charge on any atom is -0.374 e. The summed E-state index contributed by atoms with van der Waals surface area (Å²) in [5, 5.41) is 3.86. The van der Waals surface area contributed by atoms with Crippen LogP contribution < -0.4 is 4.72 Å². The summed E-state index contributed by atoms with van der Waals surface area (Å²) in [6.07, 6.45) is 3.40. The molecular weight excluding hydrogens is 302 g/mol. The predicted molar refractivity (Wildman–Crippen MR) is 83.8 cm³/mol.